The summed E-state index contributed by atoms with van der Waals surface area (Å²) in [7, 11) is 0. The lowest BCUT2D eigenvalue weighted by Gasteiger charge is -2.06. The van der Waals surface area contributed by atoms with Crippen LogP contribution in [-0.2, 0) is 10.7 Å². The summed E-state index contributed by atoms with van der Waals surface area (Å²) in [5.74, 6) is 1.11. The molecule has 1 rings (SSSR count). The zero-order chi connectivity index (χ0) is 11.3. The normalized spacial score (nSPS) is 10.4. The molecule has 0 amide bonds. The largest absolute Gasteiger partial charge is 0.427 e. The van der Waals surface area contributed by atoms with Crippen LogP contribution >= 0.6 is 11.6 Å². The van der Waals surface area contributed by atoms with E-state index in [1.54, 1.807) is 12.1 Å². The number of halogens is 1. The van der Waals surface area contributed by atoms with Gasteiger partial charge < -0.3 is 4.74 Å². The van der Waals surface area contributed by atoms with E-state index in [9.17, 15) is 4.79 Å². The lowest BCUT2D eigenvalue weighted by molar-refractivity contribution is -0.135. The van der Waals surface area contributed by atoms with Crippen LogP contribution < -0.4 is 4.74 Å². The number of rotatable bonds is 4. The second kappa shape index (κ2) is 5.76. The number of carbonyl (C=O) groups excluding carboxylic acids is 1. The molecule has 0 aromatic heterocycles. The Balaban J connectivity index is 2.60. The number of alkyl halides is 1. The van der Waals surface area contributed by atoms with E-state index in [-0.39, 0.29) is 5.97 Å². The first-order valence-corrected chi connectivity index (χ1v) is 5.51. The molecule has 0 saturated heterocycles. The van der Waals surface area contributed by atoms with E-state index < -0.39 is 0 Å². The molecule has 0 atom stereocenters. The monoisotopic (exact) mass is 226 g/mol. The molecule has 3 heteroatoms. The van der Waals surface area contributed by atoms with E-state index >= 15 is 0 Å². The molecule has 0 spiro atoms. The van der Waals surface area contributed by atoms with Crippen molar-refractivity contribution in [3.63, 3.8) is 0 Å². The number of benzene rings is 1. The second-order valence-electron chi connectivity index (χ2n) is 3.85. The van der Waals surface area contributed by atoms with Gasteiger partial charge in [0.1, 0.15) is 5.75 Å². The summed E-state index contributed by atoms with van der Waals surface area (Å²) >= 11 is 5.68. The molecule has 0 aliphatic carbocycles. The van der Waals surface area contributed by atoms with Crippen LogP contribution in [0.1, 0.15) is 25.8 Å². The summed E-state index contributed by atoms with van der Waals surface area (Å²) in [6, 6.07) is 7.27. The Kier molecular flexibility index (Phi) is 4.63. The highest BCUT2D eigenvalue weighted by Crippen LogP contribution is 2.16. The number of ether oxygens (including phenoxy) is 1. The number of hydrogen-bond donors (Lipinski definition) is 0. The molecule has 15 heavy (non-hydrogen) atoms. The van der Waals surface area contributed by atoms with Gasteiger partial charge >= 0.3 is 5.97 Å². The molecule has 82 valence electrons. The Morgan fingerprint density at radius 3 is 2.80 bits per heavy atom. The van der Waals surface area contributed by atoms with Crippen LogP contribution in [0.4, 0.5) is 0 Å². The summed E-state index contributed by atoms with van der Waals surface area (Å²) < 4.78 is 5.17. The molecule has 1 aromatic rings. The minimum absolute atomic E-state index is 0.197. The van der Waals surface area contributed by atoms with Crippen LogP contribution in [0.15, 0.2) is 24.3 Å². The predicted octanol–water partition coefficient (Wildman–Crippen LogP) is 3.38. The lowest BCUT2D eigenvalue weighted by atomic mass is 10.1. The van der Waals surface area contributed by atoms with Gasteiger partial charge in [-0.15, -0.1) is 11.6 Å². The first-order chi connectivity index (χ1) is 7.11. The van der Waals surface area contributed by atoms with Gasteiger partial charge in [-0.1, -0.05) is 26.0 Å². The van der Waals surface area contributed by atoms with Crippen LogP contribution in [-0.4, -0.2) is 5.97 Å². The van der Waals surface area contributed by atoms with E-state index in [0.29, 0.717) is 24.0 Å². The van der Waals surface area contributed by atoms with E-state index in [2.05, 4.69) is 0 Å². The summed E-state index contributed by atoms with van der Waals surface area (Å²) in [6.45, 7) is 3.97. The van der Waals surface area contributed by atoms with Crippen LogP contribution in [0.2, 0.25) is 0 Å². The molecular weight excluding hydrogens is 212 g/mol. The van der Waals surface area contributed by atoms with Crippen molar-refractivity contribution in [3.05, 3.63) is 29.8 Å². The summed E-state index contributed by atoms with van der Waals surface area (Å²) in [5.41, 5.74) is 0.950. The molecule has 0 aliphatic rings. The Hall–Kier alpha value is -1.02. The SMILES string of the molecule is CC(C)CC(=O)Oc1cccc(CCl)c1. The van der Waals surface area contributed by atoms with Gasteiger partial charge in [-0.05, 0) is 23.6 Å². The van der Waals surface area contributed by atoms with Crippen molar-refractivity contribution in [1.82, 2.24) is 0 Å². The average Bonchev–Trinajstić information content (AvgIpc) is 2.16. The maximum absolute atomic E-state index is 11.4. The zero-order valence-corrected chi connectivity index (χ0v) is 9.75. The van der Waals surface area contributed by atoms with Gasteiger partial charge in [-0.3, -0.25) is 4.79 Å². The van der Waals surface area contributed by atoms with Gasteiger partial charge in [0.25, 0.3) is 0 Å². The van der Waals surface area contributed by atoms with Crippen molar-refractivity contribution < 1.29 is 9.53 Å². The van der Waals surface area contributed by atoms with Crippen molar-refractivity contribution in [2.75, 3.05) is 0 Å². The minimum atomic E-state index is -0.197. The predicted molar refractivity (Wildman–Crippen MR) is 61.1 cm³/mol. The van der Waals surface area contributed by atoms with E-state index in [1.807, 2.05) is 26.0 Å². The molecule has 0 radical (unpaired) electrons. The number of hydrogen-bond acceptors (Lipinski definition) is 2. The van der Waals surface area contributed by atoms with Gasteiger partial charge in [0.05, 0.1) is 0 Å². The van der Waals surface area contributed by atoms with Gasteiger partial charge in [0, 0.05) is 12.3 Å². The average molecular weight is 227 g/mol. The van der Waals surface area contributed by atoms with Gasteiger partial charge in [-0.25, -0.2) is 0 Å². The molecule has 0 bridgehead atoms. The Labute approximate surface area is 95.2 Å². The van der Waals surface area contributed by atoms with E-state index in [0.717, 1.165) is 5.56 Å². The Bertz CT molecular complexity index is 334. The molecule has 0 unspecified atom stereocenters. The Morgan fingerprint density at radius 1 is 1.47 bits per heavy atom. The van der Waals surface area contributed by atoms with Crippen LogP contribution in [0.3, 0.4) is 0 Å². The van der Waals surface area contributed by atoms with Crippen molar-refractivity contribution in [2.24, 2.45) is 5.92 Å². The molecule has 0 N–H and O–H groups in total. The summed E-state index contributed by atoms with van der Waals surface area (Å²) in [4.78, 5) is 11.4. The summed E-state index contributed by atoms with van der Waals surface area (Å²) in [6.07, 6.45) is 0.436. The van der Waals surface area contributed by atoms with Crippen molar-refractivity contribution in [2.45, 2.75) is 26.1 Å². The number of carbonyl (C=O) groups is 1. The minimum Gasteiger partial charge on any atom is -0.427 e. The fourth-order valence-electron chi connectivity index (χ4n) is 1.20. The van der Waals surface area contributed by atoms with E-state index in [4.69, 9.17) is 16.3 Å². The maximum Gasteiger partial charge on any atom is 0.311 e. The number of esters is 1. The van der Waals surface area contributed by atoms with Gasteiger partial charge in [0.2, 0.25) is 0 Å². The summed E-state index contributed by atoms with van der Waals surface area (Å²) in [5, 5.41) is 0. The van der Waals surface area contributed by atoms with Gasteiger partial charge in [-0.2, -0.15) is 0 Å². The third kappa shape index (κ3) is 4.34. The molecule has 0 fully saturated rings. The van der Waals surface area contributed by atoms with Crippen LogP contribution in [0, 0.1) is 5.92 Å². The topological polar surface area (TPSA) is 26.3 Å². The second-order valence-corrected chi connectivity index (χ2v) is 4.12. The molecular formula is C12H15ClO2. The first kappa shape index (κ1) is 12.1. The van der Waals surface area contributed by atoms with Crippen LogP contribution in [0.5, 0.6) is 5.75 Å². The van der Waals surface area contributed by atoms with Crippen molar-refractivity contribution in [3.8, 4) is 5.75 Å². The standard InChI is InChI=1S/C12H15ClO2/c1-9(2)6-12(14)15-11-5-3-4-10(7-11)8-13/h3-5,7,9H,6,8H2,1-2H3. The van der Waals surface area contributed by atoms with Crippen molar-refractivity contribution >= 4 is 17.6 Å². The van der Waals surface area contributed by atoms with Gasteiger partial charge in [0.15, 0.2) is 0 Å². The highest BCUT2D eigenvalue weighted by molar-refractivity contribution is 6.17. The third-order valence-corrected chi connectivity index (χ3v) is 2.17. The fourth-order valence-corrected chi connectivity index (χ4v) is 1.36. The first-order valence-electron chi connectivity index (χ1n) is 4.97. The quantitative estimate of drug-likeness (QED) is 0.447. The fraction of sp³-hybridized carbons (Fsp3) is 0.417. The molecule has 0 saturated carbocycles. The van der Waals surface area contributed by atoms with Crippen molar-refractivity contribution in [1.29, 1.82) is 0 Å². The van der Waals surface area contributed by atoms with E-state index in [1.165, 1.54) is 0 Å². The molecule has 2 nitrogen and oxygen atoms in total. The molecule has 0 heterocycles. The highest BCUT2D eigenvalue weighted by Gasteiger charge is 2.07. The Morgan fingerprint density at radius 2 is 2.20 bits per heavy atom. The molecule has 0 aliphatic heterocycles. The zero-order valence-electron chi connectivity index (χ0n) is 9.00. The smallest absolute Gasteiger partial charge is 0.311 e. The highest BCUT2D eigenvalue weighted by atomic mass is 35.5. The third-order valence-electron chi connectivity index (χ3n) is 1.86. The lowest BCUT2D eigenvalue weighted by Crippen LogP contribution is -2.10. The van der Waals surface area contributed by atoms with Crippen LogP contribution in [0.25, 0.3) is 0 Å². The molecule has 1 aromatic carbocycles. The maximum atomic E-state index is 11.4.